The number of aliphatic hydroxyl groups excluding tert-OH is 3. The summed E-state index contributed by atoms with van der Waals surface area (Å²) in [6.45, 7) is -0.477. The second-order valence-corrected chi connectivity index (χ2v) is 4.57. The highest BCUT2D eigenvalue weighted by molar-refractivity contribution is 5.77. The summed E-state index contributed by atoms with van der Waals surface area (Å²) in [5, 5.41) is 29.1. The van der Waals surface area contributed by atoms with Crippen LogP contribution in [0.3, 0.4) is 0 Å². The van der Waals surface area contributed by atoms with Gasteiger partial charge in [-0.2, -0.15) is 9.97 Å². The molecule has 10 heteroatoms. The van der Waals surface area contributed by atoms with Crippen LogP contribution in [0.25, 0.3) is 11.2 Å². The highest BCUT2D eigenvalue weighted by atomic mass is 16.6. The van der Waals surface area contributed by atoms with Crippen molar-refractivity contribution >= 4 is 17.1 Å². The Balaban J connectivity index is 2.15. The summed E-state index contributed by atoms with van der Waals surface area (Å²) in [4.78, 5) is 11.8. The van der Waals surface area contributed by atoms with Crippen LogP contribution in [0.15, 0.2) is 6.30 Å². The molecule has 0 radical (unpaired) electrons. The number of nitrogen functional groups attached to an aromatic ring is 1. The van der Waals surface area contributed by atoms with E-state index < -0.39 is 31.1 Å². The van der Waals surface area contributed by atoms with E-state index in [0.717, 1.165) is 0 Å². The predicted octanol–water partition coefficient (Wildman–Crippen LogP) is -1.97. The first-order chi connectivity index (χ1) is 10.5. The zero-order valence-electron chi connectivity index (χ0n) is 12.0. The van der Waals surface area contributed by atoms with Gasteiger partial charge in [-0.25, -0.2) is 4.98 Å². The van der Waals surface area contributed by atoms with Crippen molar-refractivity contribution in [1.29, 1.82) is 0 Å². The summed E-state index contributed by atoms with van der Waals surface area (Å²) in [7, 11) is 1.37. The van der Waals surface area contributed by atoms with Gasteiger partial charge in [-0.1, -0.05) is 0 Å². The van der Waals surface area contributed by atoms with Crippen molar-refractivity contribution in [3.8, 4) is 5.88 Å². The molecule has 4 atom stereocenters. The second kappa shape index (κ2) is 5.07. The van der Waals surface area contributed by atoms with Crippen LogP contribution in [-0.4, -0.2) is 66.9 Å². The number of anilines is 1. The lowest BCUT2D eigenvalue weighted by Gasteiger charge is -2.16. The molecule has 0 unspecified atom stereocenters. The molecule has 3 heterocycles. The monoisotopic (exact) mass is 298 g/mol. The van der Waals surface area contributed by atoms with Crippen molar-refractivity contribution < 1.29 is 26.2 Å². The number of imidazole rings is 1. The van der Waals surface area contributed by atoms with E-state index in [1.807, 2.05) is 0 Å². The molecule has 0 amide bonds. The summed E-state index contributed by atoms with van der Waals surface area (Å²) in [6.07, 6.45) is -5.04. The maximum atomic E-state index is 10.1. The number of methoxy groups -OCH3 is 1. The van der Waals surface area contributed by atoms with Crippen molar-refractivity contribution in [2.24, 2.45) is 0 Å². The Hall–Kier alpha value is -2.01. The van der Waals surface area contributed by atoms with E-state index >= 15 is 0 Å². The molecule has 3 rings (SSSR count). The van der Waals surface area contributed by atoms with Crippen molar-refractivity contribution in [2.75, 3.05) is 19.5 Å². The number of aliphatic hydroxyl groups is 3. The summed E-state index contributed by atoms with van der Waals surface area (Å²) < 4.78 is 19.5. The first kappa shape index (κ1) is 12.7. The molecule has 0 bridgehead atoms. The number of hydrogen-bond acceptors (Lipinski definition) is 9. The normalized spacial score (nSPS) is 29.8. The average Bonchev–Trinajstić information content (AvgIpc) is 2.96. The maximum Gasteiger partial charge on any atom is 0.246 e. The molecule has 0 saturated carbocycles. The molecule has 1 saturated heterocycles. The standard InChI is InChI=1S/C11H15N5O5/c1-20-9-5-8(14-11(12)15-9)16(3-13-5)10-7(19)6(18)4(2-17)21-10/h3-4,6-7,10,17-19H,2H2,1H3,(H2,12,14,15)/t4-,6-,7+,10-/m1/s1/i3D. The third-order valence-electron chi connectivity index (χ3n) is 3.31. The van der Waals surface area contributed by atoms with Gasteiger partial charge in [-0.05, 0) is 0 Å². The summed E-state index contributed by atoms with van der Waals surface area (Å²) >= 11 is 0. The number of fused-ring (bicyclic) bond motifs is 1. The topological polar surface area (TPSA) is 149 Å². The molecule has 0 aliphatic carbocycles. The Morgan fingerprint density at radius 3 is 2.86 bits per heavy atom. The highest BCUT2D eigenvalue weighted by Crippen LogP contribution is 2.32. The highest BCUT2D eigenvalue weighted by Gasteiger charge is 2.44. The number of nitrogens with zero attached hydrogens (tertiary/aromatic N) is 4. The maximum absolute atomic E-state index is 10.1. The minimum Gasteiger partial charge on any atom is -0.479 e. The molecular weight excluding hydrogens is 282 g/mol. The van der Waals surface area contributed by atoms with Crippen LogP contribution in [0.1, 0.15) is 7.60 Å². The van der Waals surface area contributed by atoms with E-state index in [-0.39, 0.29) is 29.3 Å². The fourth-order valence-corrected chi connectivity index (χ4v) is 2.27. The van der Waals surface area contributed by atoms with E-state index in [2.05, 4.69) is 15.0 Å². The van der Waals surface area contributed by atoms with Crippen LogP contribution < -0.4 is 10.5 Å². The molecule has 5 N–H and O–H groups in total. The molecule has 1 aliphatic heterocycles. The Bertz CT molecular complexity index is 710. The third kappa shape index (κ3) is 2.08. The third-order valence-corrected chi connectivity index (χ3v) is 3.31. The molecule has 1 fully saturated rings. The Kier molecular flexibility index (Phi) is 3.07. The first-order valence-corrected chi connectivity index (χ1v) is 6.16. The molecule has 1 aliphatic rings. The molecule has 10 nitrogen and oxygen atoms in total. The smallest absolute Gasteiger partial charge is 0.246 e. The van der Waals surface area contributed by atoms with Crippen LogP contribution in [0, 0.1) is 0 Å². The van der Waals surface area contributed by atoms with Gasteiger partial charge in [0.2, 0.25) is 11.8 Å². The molecular formula is C11H15N5O5. The number of hydrogen-bond donors (Lipinski definition) is 4. The van der Waals surface area contributed by atoms with Crippen LogP contribution >= 0.6 is 0 Å². The Morgan fingerprint density at radius 2 is 2.24 bits per heavy atom. The molecule has 2 aromatic heterocycles. The van der Waals surface area contributed by atoms with E-state index in [1.165, 1.54) is 11.7 Å². The minimum absolute atomic E-state index is 0.0847. The number of nitrogens with two attached hydrogens (primary N) is 1. The summed E-state index contributed by atoms with van der Waals surface area (Å²) in [5.74, 6) is -0.0151. The Morgan fingerprint density at radius 1 is 1.48 bits per heavy atom. The second-order valence-electron chi connectivity index (χ2n) is 4.57. The number of aromatic nitrogens is 4. The molecule has 0 spiro atoms. The fraction of sp³-hybridized carbons (Fsp3) is 0.545. The number of ether oxygens (including phenoxy) is 2. The van der Waals surface area contributed by atoms with E-state index in [1.54, 1.807) is 0 Å². The lowest BCUT2D eigenvalue weighted by Crippen LogP contribution is -2.33. The van der Waals surface area contributed by atoms with Gasteiger partial charge >= 0.3 is 0 Å². The van der Waals surface area contributed by atoms with Gasteiger partial charge in [0, 0.05) is 0 Å². The number of rotatable bonds is 3. The van der Waals surface area contributed by atoms with Gasteiger partial charge in [0.25, 0.3) is 0 Å². The van der Waals surface area contributed by atoms with Crippen molar-refractivity contribution in [3.05, 3.63) is 6.30 Å². The van der Waals surface area contributed by atoms with Crippen LogP contribution in [0.5, 0.6) is 5.88 Å². The molecule has 114 valence electrons. The van der Waals surface area contributed by atoms with Gasteiger partial charge in [0.1, 0.15) is 19.7 Å². The predicted molar refractivity (Wildman–Crippen MR) is 69.3 cm³/mol. The van der Waals surface area contributed by atoms with Crippen molar-refractivity contribution in [1.82, 2.24) is 19.5 Å². The van der Waals surface area contributed by atoms with Gasteiger partial charge in [-0.3, -0.25) is 4.57 Å². The summed E-state index contributed by atoms with van der Waals surface area (Å²) in [5.41, 5.74) is 5.90. The molecule has 21 heavy (non-hydrogen) atoms. The van der Waals surface area contributed by atoms with Gasteiger partial charge in [0.15, 0.2) is 17.4 Å². The average molecular weight is 298 g/mol. The van der Waals surface area contributed by atoms with Gasteiger partial charge in [-0.15, -0.1) is 0 Å². The molecule has 2 aromatic rings. The lowest BCUT2D eigenvalue weighted by atomic mass is 10.1. The Labute approximate surface area is 120 Å². The zero-order valence-corrected chi connectivity index (χ0v) is 11.0. The van der Waals surface area contributed by atoms with Crippen LogP contribution in [-0.2, 0) is 4.74 Å². The van der Waals surface area contributed by atoms with E-state index in [4.69, 9.17) is 21.7 Å². The largest absolute Gasteiger partial charge is 0.479 e. The van der Waals surface area contributed by atoms with Gasteiger partial charge in [0.05, 0.1) is 20.0 Å². The summed E-state index contributed by atoms with van der Waals surface area (Å²) in [6, 6.07) is 0. The van der Waals surface area contributed by atoms with E-state index in [0.29, 0.717) is 0 Å². The molecule has 0 aromatic carbocycles. The van der Waals surface area contributed by atoms with E-state index in [9.17, 15) is 10.2 Å². The van der Waals surface area contributed by atoms with Gasteiger partial charge < -0.3 is 30.5 Å². The lowest BCUT2D eigenvalue weighted by molar-refractivity contribution is -0.0511. The first-order valence-electron chi connectivity index (χ1n) is 6.66. The van der Waals surface area contributed by atoms with Crippen molar-refractivity contribution in [2.45, 2.75) is 24.5 Å². The zero-order chi connectivity index (χ0) is 16.0. The quantitative estimate of drug-likeness (QED) is 0.506. The minimum atomic E-state index is -1.36. The SMILES string of the molecule is [2H]c1nc2c(OC)nc(N)nc2n1[C@@H]1O[C@H](CO)[C@@H](O)[C@@H]1O. The fourth-order valence-electron chi connectivity index (χ4n) is 2.27. The van der Waals surface area contributed by atoms with Crippen LogP contribution in [0.4, 0.5) is 5.95 Å². The van der Waals surface area contributed by atoms with Crippen molar-refractivity contribution in [3.63, 3.8) is 0 Å². The van der Waals surface area contributed by atoms with Crippen LogP contribution in [0.2, 0.25) is 0 Å².